The third-order valence-electron chi connectivity index (χ3n) is 4.80. The zero-order valence-corrected chi connectivity index (χ0v) is 19.7. The van der Waals surface area contributed by atoms with Crippen LogP contribution in [0, 0.1) is 6.92 Å². The number of carbonyl (C=O) groups is 1. The molecule has 1 amide bonds. The number of nitrogens with one attached hydrogen (secondary N) is 2. The molecule has 0 atom stereocenters. The van der Waals surface area contributed by atoms with Gasteiger partial charge >= 0.3 is 0 Å². The second kappa shape index (κ2) is 11.0. The Morgan fingerprint density at radius 1 is 1.09 bits per heavy atom. The number of sulfonamides is 1. The Labute approximate surface area is 193 Å². The van der Waals surface area contributed by atoms with E-state index >= 15 is 0 Å². The molecule has 0 aliphatic rings. The molecule has 0 fully saturated rings. The van der Waals surface area contributed by atoms with Gasteiger partial charge in [0.1, 0.15) is 5.75 Å². The van der Waals surface area contributed by atoms with Crippen LogP contribution in [0.4, 0.5) is 11.4 Å². The van der Waals surface area contributed by atoms with E-state index in [0.29, 0.717) is 41.7 Å². The Bertz CT molecular complexity index is 1190. The van der Waals surface area contributed by atoms with E-state index in [1.54, 1.807) is 32.0 Å². The molecule has 33 heavy (non-hydrogen) atoms. The van der Waals surface area contributed by atoms with Gasteiger partial charge in [-0.25, -0.2) is 8.42 Å². The van der Waals surface area contributed by atoms with E-state index in [-0.39, 0.29) is 24.5 Å². The highest BCUT2D eigenvalue weighted by atomic mass is 32.2. The molecule has 0 spiro atoms. The molecule has 0 unspecified atom stereocenters. The van der Waals surface area contributed by atoms with Gasteiger partial charge in [-0.05, 0) is 62.2 Å². The van der Waals surface area contributed by atoms with Crippen molar-refractivity contribution in [1.82, 2.24) is 10.1 Å². The SMILES string of the molecule is CCCS(=O)(=O)Nc1cccc(NC(=O)CCc2nc(-c3ccc(OCC)cc3)no2)c1C. The highest BCUT2D eigenvalue weighted by Gasteiger charge is 2.15. The van der Waals surface area contributed by atoms with Gasteiger partial charge in [0.15, 0.2) is 0 Å². The Morgan fingerprint density at radius 2 is 1.82 bits per heavy atom. The smallest absolute Gasteiger partial charge is 0.232 e. The van der Waals surface area contributed by atoms with Crippen LogP contribution >= 0.6 is 0 Å². The van der Waals surface area contributed by atoms with E-state index in [1.807, 2.05) is 31.2 Å². The van der Waals surface area contributed by atoms with Gasteiger partial charge in [0, 0.05) is 24.1 Å². The van der Waals surface area contributed by atoms with E-state index in [4.69, 9.17) is 9.26 Å². The zero-order valence-electron chi connectivity index (χ0n) is 18.9. The Balaban J connectivity index is 1.58. The quantitative estimate of drug-likeness (QED) is 0.429. The lowest BCUT2D eigenvalue weighted by molar-refractivity contribution is -0.116. The molecule has 2 N–H and O–H groups in total. The standard InChI is InChI=1S/C23H28N4O5S/c1-4-15-33(29,30)27-20-8-6-7-19(16(20)3)24-21(28)13-14-22-25-23(26-32-22)17-9-11-18(12-10-17)31-5-2/h6-12,27H,4-5,13-15H2,1-3H3,(H,24,28). The maximum absolute atomic E-state index is 12.5. The molecule has 3 aromatic rings. The van der Waals surface area contributed by atoms with Gasteiger partial charge in [0.2, 0.25) is 27.6 Å². The number of aryl methyl sites for hydroxylation is 1. The number of hydrogen-bond acceptors (Lipinski definition) is 7. The third kappa shape index (κ3) is 6.79. The molecule has 0 bridgehead atoms. The molecule has 1 heterocycles. The van der Waals surface area contributed by atoms with E-state index in [0.717, 1.165) is 11.3 Å². The van der Waals surface area contributed by atoms with E-state index in [9.17, 15) is 13.2 Å². The molecule has 0 aliphatic heterocycles. The first-order valence-electron chi connectivity index (χ1n) is 10.8. The van der Waals surface area contributed by atoms with Crippen molar-refractivity contribution in [3.63, 3.8) is 0 Å². The first-order valence-corrected chi connectivity index (χ1v) is 12.4. The molecule has 0 radical (unpaired) electrons. The minimum Gasteiger partial charge on any atom is -0.494 e. The average molecular weight is 473 g/mol. The van der Waals surface area contributed by atoms with Crippen LogP contribution in [0.2, 0.25) is 0 Å². The number of hydrogen-bond donors (Lipinski definition) is 2. The van der Waals surface area contributed by atoms with Gasteiger partial charge in [-0.15, -0.1) is 0 Å². The highest BCUT2D eigenvalue weighted by Crippen LogP contribution is 2.25. The number of aromatic nitrogens is 2. The molecule has 0 aliphatic carbocycles. The minimum absolute atomic E-state index is 0.0336. The fourth-order valence-electron chi connectivity index (χ4n) is 3.14. The van der Waals surface area contributed by atoms with Gasteiger partial charge in [-0.1, -0.05) is 18.1 Å². The number of carbonyl (C=O) groups excluding carboxylic acids is 1. The summed E-state index contributed by atoms with van der Waals surface area (Å²) in [6.07, 6.45) is 0.925. The van der Waals surface area contributed by atoms with Gasteiger partial charge in [0.25, 0.3) is 0 Å². The Morgan fingerprint density at radius 3 is 2.52 bits per heavy atom. The maximum atomic E-state index is 12.5. The normalized spacial score (nSPS) is 11.2. The van der Waals surface area contributed by atoms with Crippen molar-refractivity contribution in [3.05, 3.63) is 53.9 Å². The van der Waals surface area contributed by atoms with Crippen molar-refractivity contribution in [1.29, 1.82) is 0 Å². The minimum atomic E-state index is -3.42. The topological polar surface area (TPSA) is 123 Å². The lowest BCUT2D eigenvalue weighted by atomic mass is 10.1. The number of benzene rings is 2. The van der Waals surface area contributed by atoms with Crippen LogP contribution in [-0.2, 0) is 21.2 Å². The summed E-state index contributed by atoms with van der Waals surface area (Å²) in [6.45, 7) is 6.06. The van der Waals surface area contributed by atoms with Crippen LogP contribution in [0.25, 0.3) is 11.4 Å². The average Bonchev–Trinajstić information content (AvgIpc) is 3.25. The second-order valence-corrected chi connectivity index (χ2v) is 9.26. The fourth-order valence-corrected chi connectivity index (χ4v) is 4.34. The number of anilines is 2. The Hall–Kier alpha value is -3.40. The van der Waals surface area contributed by atoms with Crippen molar-refractivity contribution in [2.24, 2.45) is 0 Å². The van der Waals surface area contributed by atoms with Crippen LogP contribution in [0.3, 0.4) is 0 Å². The van der Waals surface area contributed by atoms with Crippen LogP contribution in [0.5, 0.6) is 5.75 Å². The summed E-state index contributed by atoms with van der Waals surface area (Å²) in [4.78, 5) is 16.8. The first-order chi connectivity index (χ1) is 15.8. The summed E-state index contributed by atoms with van der Waals surface area (Å²) in [7, 11) is -3.42. The second-order valence-electron chi connectivity index (χ2n) is 7.42. The molecular weight excluding hydrogens is 444 g/mol. The molecule has 0 saturated carbocycles. The summed E-state index contributed by atoms with van der Waals surface area (Å²) in [6, 6.07) is 12.4. The summed E-state index contributed by atoms with van der Waals surface area (Å²) in [5, 5.41) is 6.79. The van der Waals surface area contributed by atoms with Crippen molar-refractivity contribution < 1.29 is 22.5 Å². The molecule has 176 valence electrons. The van der Waals surface area contributed by atoms with Gasteiger partial charge in [-0.2, -0.15) is 4.98 Å². The predicted octanol–water partition coefficient (Wildman–Crippen LogP) is 4.17. The number of ether oxygens (including phenoxy) is 1. The van der Waals surface area contributed by atoms with Crippen LogP contribution in [0.15, 0.2) is 47.0 Å². The predicted molar refractivity (Wildman–Crippen MR) is 127 cm³/mol. The number of rotatable bonds is 11. The summed E-state index contributed by atoms with van der Waals surface area (Å²) < 4.78 is 37.4. The van der Waals surface area contributed by atoms with Gasteiger partial charge in [-0.3, -0.25) is 9.52 Å². The molecular formula is C23H28N4O5S. The molecule has 2 aromatic carbocycles. The van der Waals surface area contributed by atoms with E-state index in [2.05, 4.69) is 20.2 Å². The monoisotopic (exact) mass is 472 g/mol. The highest BCUT2D eigenvalue weighted by molar-refractivity contribution is 7.92. The van der Waals surface area contributed by atoms with Gasteiger partial charge in [0.05, 0.1) is 18.0 Å². The van der Waals surface area contributed by atoms with Crippen LogP contribution < -0.4 is 14.8 Å². The maximum Gasteiger partial charge on any atom is 0.232 e. The van der Waals surface area contributed by atoms with Crippen molar-refractivity contribution >= 4 is 27.3 Å². The van der Waals surface area contributed by atoms with E-state index in [1.165, 1.54) is 0 Å². The first kappa shape index (κ1) is 24.2. The molecule has 10 heteroatoms. The largest absolute Gasteiger partial charge is 0.494 e. The lowest BCUT2D eigenvalue weighted by Crippen LogP contribution is -2.18. The van der Waals surface area contributed by atoms with Crippen molar-refractivity contribution in [2.45, 2.75) is 40.0 Å². The van der Waals surface area contributed by atoms with E-state index < -0.39 is 10.0 Å². The zero-order chi connectivity index (χ0) is 23.8. The van der Waals surface area contributed by atoms with Gasteiger partial charge < -0.3 is 14.6 Å². The van der Waals surface area contributed by atoms with Crippen LogP contribution in [-0.4, -0.2) is 36.8 Å². The summed E-state index contributed by atoms with van der Waals surface area (Å²) in [5.41, 5.74) is 2.41. The molecule has 1 aromatic heterocycles. The molecule has 9 nitrogen and oxygen atoms in total. The summed E-state index contributed by atoms with van der Waals surface area (Å²) >= 11 is 0. The fraction of sp³-hybridized carbons (Fsp3) is 0.348. The number of amides is 1. The third-order valence-corrected chi connectivity index (χ3v) is 6.28. The summed E-state index contributed by atoms with van der Waals surface area (Å²) in [5.74, 6) is 1.35. The lowest BCUT2D eigenvalue weighted by Gasteiger charge is -2.14. The molecule has 0 saturated heterocycles. The number of nitrogens with zero attached hydrogens (tertiary/aromatic N) is 2. The van der Waals surface area contributed by atoms with Crippen LogP contribution in [0.1, 0.15) is 38.1 Å². The van der Waals surface area contributed by atoms with Crippen molar-refractivity contribution in [3.8, 4) is 17.1 Å². The molecule has 3 rings (SSSR count). The van der Waals surface area contributed by atoms with Crippen molar-refractivity contribution in [2.75, 3.05) is 22.4 Å². The Kier molecular flexibility index (Phi) is 8.05.